The highest BCUT2D eigenvalue weighted by molar-refractivity contribution is 6.76. The van der Waals surface area contributed by atoms with Crippen molar-refractivity contribution in [2.75, 3.05) is 31.6 Å². The minimum atomic E-state index is -1.16. The average molecular weight is 500 g/mol. The largest absolute Gasteiger partial charge is 0.361 e. The highest BCUT2D eigenvalue weighted by Gasteiger charge is 2.25. The minimum Gasteiger partial charge on any atom is -0.361 e. The molecule has 1 fully saturated rings. The predicted octanol–water partition coefficient (Wildman–Crippen LogP) is 5.88. The van der Waals surface area contributed by atoms with Crippen LogP contribution in [-0.4, -0.2) is 57.4 Å². The molecule has 0 amide bonds. The normalized spacial score (nSPS) is 18.0. The van der Waals surface area contributed by atoms with Crippen LogP contribution >= 0.6 is 0 Å². The molecule has 9 heteroatoms. The van der Waals surface area contributed by atoms with E-state index >= 15 is 0 Å². The van der Waals surface area contributed by atoms with Gasteiger partial charge in [-0.15, -0.1) is 0 Å². The van der Waals surface area contributed by atoms with Gasteiger partial charge < -0.3 is 14.4 Å². The van der Waals surface area contributed by atoms with E-state index in [9.17, 15) is 0 Å². The van der Waals surface area contributed by atoms with Crippen molar-refractivity contribution in [2.24, 2.45) is 0 Å². The molecule has 0 bridgehead atoms. The number of allylic oxidation sites excluding steroid dienone is 2. The van der Waals surface area contributed by atoms with E-state index in [1.165, 1.54) is 5.57 Å². The highest BCUT2D eigenvalue weighted by atomic mass is 28.3. The van der Waals surface area contributed by atoms with E-state index < -0.39 is 16.1 Å². The van der Waals surface area contributed by atoms with Crippen LogP contribution in [0.2, 0.25) is 51.4 Å². The lowest BCUT2D eigenvalue weighted by Crippen LogP contribution is -2.33. The van der Waals surface area contributed by atoms with Crippen molar-refractivity contribution in [3.05, 3.63) is 35.7 Å². The Morgan fingerprint density at radius 2 is 1.76 bits per heavy atom. The second-order valence-corrected chi connectivity index (χ2v) is 23.0. The van der Waals surface area contributed by atoms with Crippen molar-refractivity contribution >= 4 is 27.6 Å². The van der Waals surface area contributed by atoms with E-state index in [1.807, 2.05) is 10.6 Å². The van der Waals surface area contributed by atoms with Gasteiger partial charge in [-0.05, 0) is 31.4 Å². The Bertz CT molecular complexity index is 995. The van der Waals surface area contributed by atoms with Crippen LogP contribution in [0, 0.1) is 11.3 Å². The zero-order valence-corrected chi connectivity index (χ0v) is 23.8. The van der Waals surface area contributed by atoms with Crippen LogP contribution in [0.3, 0.4) is 0 Å². The van der Waals surface area contributed by atoms with Crippen molar-refractivity contribution in [1.29, 1.82) is 5.26 Å². The number of aromatic nitrogens is 3. The van der Waals surface area contributed by atoms with E-state index in [-0.39, 0.29) is 0 Å². The van der Waals surface area contributed by atoms with Gasteiger partial charge in [0.15, 0.2) is 5.65 Å². The van der Waals surface area contributed by atoms with Crippen LogP contribution in [0.25, 0.3) is 5.65 Å². The second kappa shape index (κ2) is 11.6. The summed E-state index contributed by atoms with van der Waals surface area (Å²) in [5.74, 6) is 1.27. The van der Waals surface area contributed by atoms with E-state index in [4.69, 9.17) is 19.7 Å². The summed E-state index contributed by atoms with van der Waals surface area (Å²) in [4.78, 5) is 7.04. The molecule has 0 saturated heterocycles. The molecule has 186 valence electrons. The summed E-state index contributed by atoms with van der Waals surface area (Å²) in [6.07, 6.45) is 6.36. The Morgan fingerprint density at radius 3 is 2.35 bits per heavy atom. The number of nitriles is 1. The van der Waals surface area contributed by atoms with Gasteiger partial charge >= 0.3 is 0 Å². The molecule has 2 heterocycles. The summed E-state index contributed by atoms with van der Waals surface area (Å²) < 4.78 is 14.2. The molecule has 34 heavy (non-hydrogen) atoms. The number of rotatable bonds is 12. The topological polar surface area (TPSA) is 75.7 Å². The van der Waals surface area contributed by atoms with Crippen LogP contribution < -0.4 is 4.90 Å². The molecule has 0 radical (unpaired) electrons. The first kappa shape index (κ1) is 26.6. The van der Waals surface area contributed by atoms with Crippen molar-refractivity contribution in [3.8, 4) is 6.07 Å². The zero-order valence-electron chi connectivity index (χ0n) is 21.8. The molecule has 0 spiro atoms. The van der Waals surface area contributed by atoms with Gasteiger partial charge in [-0.1, -0.05) is 44.9 Å². The van der Waals surface area contributed by atoms with E-state index in [1.54, 1.807) is 12.3 Å². The Kier molecular flexibility index (Phi) is 9.10. The number of nitrogens with zero attached hydrogens (tertiary/aromatic N) is 5. The van der Waals surface area contributed by atoms with E-state index in [0.717, 1.165) is 61.7 Å². The quantitative estimate of drug-likeness (QED) is 0.157. The first-order valence-electron chi connectivity index (χ1n) is 12.4. The first-order valence-corrected chi connectivity index (χ1v) is 19.8. The molecule has 0 aromatic carbocycles. The summed E-state index contributed by atoms with van der Waals surface area (Å²) in [6.45, 7) is 16.6. The maximum absolute atomic E-state index is 9.04. The Balaban J connectivity index is 1.81. The van der Waals surface area contributed by atoms with Gasteiger partial charge in [0.2, 0.25) is 0 Å². The number of anilines is 1. The predicted molar refractivity (Wildman–Crippen MR) is 144 cm³/mol. The van der Waals surface area contributed by atoms with Crippen molar-refractivity contribution in [3.63, 3.8) is 0 Å². The highest BCUT2D eigenvalue weighted by Crippen LogP contribution is 2.38. The Hall–Kier alpha value is -2.00. The lowest BCUT2D eigenvalue weighted by atomic mass is 10.0. The molecule has 0 aliphatic heterocycles. The van der Waals surface area contributed by atoms with Gasteiger partial charge in [-0.3, -0.25) is 0 Å². The summed E-state index contributed by atoms with van der Waals surface area (Å²) >= 11 is 0. The van der Waals surface area contributed by atoms with Crippen LogP contribution in [0.4, 0.5) is 5.82 Å². The molecule has 7 nitrogen and oxygen atoms in total. The molecular formula is C25H41N5O2Si2. The van der Waals surface area contributed by atoms with Crippen LogP contribution in [0.1, 0.15) is 30.9 Å². The molecule has 2 aromatic heterocycles. The van der Waals surface area contributed by atoms with Crippen molar-refractivity contribution in [2.45, 2.75) is 76.6 Å². The third kappa shape index (κ3) is 8.05. The number of hydrogen-bond donors (Lipinski definition) is 0. The van der Waals surface area contributed by atoms with E-state index in [2.05, 4.69) is 61.4 Å². The molecule has 1 saturated carbocycles. The third-order valence-corrected chi connectivity index (χ3v) is 9.59. The molecule has 0 N–H and O–H groups in total. The lowest BCUT2D eigenvalue weighted by molar-refractivity contribution is 0.0942. The Morgan fingerprint density at radius 1 is 1.12 bits per heavy atom. The summed E-state index contributed by atoms with van der Waals surface area (Å²) in [5.41, 5.74) is 3.10. The maximum Gasteiger partial charge on any atom is 0.157 e. The smallest absolute Gasteiger partial charge is 0.157 e. The molecule has 3 rings (SSSR count). The van der Waals surface area contributed by atoms with Crippen LogP contribution in [0.15, 0.2) is 30.0 Å². The number of fused-ring (bicyclic) bond motifs is 1. The number of hydrogen-bond acceptors (Lipinski definition) is 6. The van der Waals surface area contributed by atoms with E-state index in [0.29, 0.717) is 19.4 Å². The summed E-state index contributed by atoms with van der Waals surface area (Å²) in [5, 5.41) is 13.6. The van der Waals surface area contributed by atoms with Gasteiger partial charge in [0.1, 0.15) is 19.3 Å². The lowest BCUT2D eigenvalue weighted by Gasteiger charge is -2.27. The fourth-order valence-corrected chi connectivity index (χ4v) is 5.49. The first-order chi connectivity index (χ1) is 16.1. The van der Waals surface area contributed by atoms with Gasteiger partial charge in [-0.2, -0.15) is 14.9 Å². The van der Waals surface area contributed by atoms with Gasteiger partial charge in [-0.25, -0.2) is 4.98 Å². The summed E-state index contributed by atoms with van der Waals surface area (Å²) in [6, 6.07) is 8.54. The van der Waals surface area contributed by atoms with Crippen molar-refractivity contribution in [1.82, 2.24) is 14.6 Å². The molecule has 2 aromatic rings. The van der Waals surface area contributed by atoms with Gasteiger partial charge in [0, 0.05) is 59.2 Å². The molecular weight excluding hydrogens is 458 g/mol. The van der Waals surface area contributed by atoms with Gasteiger partial charge in [0.25, 0.3) is 0 Å². The third-order valence-electron chi connectivity index (χ3n) is 6.18. The number of ether oxygens (including phenoxy) is 2. The monoisotopic (exact) mass is 499 g/mol. The SMILES string of the molecule is C[Si](C)(C)CCOCN(COCC[Si](C)(C)C)c1cc(C2CC/C(=C\C#N)C2)nc2ccnn12. The standard InChI is InChI=1S/C25H41N5O2Si2/c1-33(2,3)15-13-31-19-29(20-32-14-16-34(4,5)6)25-18-23(28-24-10-12-27-30(24)25)22-8-7-21(17-22)9-11-26/h9-10,12,18,22H,7-8,13-17,19-20H2,1-6H3/b21-9+. The molecule has 1 aliphatic rings. The zero-order chi connectivity index (χ0) is 24.8. The maximum atomic E-state index is 9.04. The Labute approximate surface area is 206 Å². The van der Waals surface area contributed by atoms with Crippen LogP contribution in [0.5, 0.6) is 0 Å². The minimum absolute atomic E-state index is 0.320. The average Bonchev–Trinajstić information content (AvgIpc) is 3.40. The fourth-order valence-electron chi connectivity index (χ4n) is 3.98. The van der Waals surface area contributed by atoms with Gasteiger partial charge in [0.05, 0.1) is 12.3 Å². The molecule has 1 atom stereocenters. The molecule has 1 unspecified atom stereocenters. The second-order valence-electron chi connectivity index (χ2n) is 11.7. The fraction of sp³-hybridized carbons (Fsp3) is 0.640. The van der Waals surface area contributed by atoms with Crippen molar-refractivity contribution < 1.29 is 9.47 Å². The molecule has 1 aliphatic carbocycles. The summed E-state index contributed by atoms with van der Waals surface area (Å²) in [7, 11) is -2.32. The van der Waals surface area contributed by atoms with Crippen LogP contribution in [-0.2, 0) is 9.47 Å².